The molecule has 1 aromatic carbocycles. The highest BCUT2D eigenvalue weighted by atomic mass is 19.1. The van der Waals surface area contributed by atoms with Crippen molar-refractivity contribution in [3.05, 3.63) is 35.4 Å². The molecule has 0 aliphatic carbocycles. The van der Waals surface area contributed by atoms with Crippen LogP contribution in [0.5, 0.6) is 0 Å². The predicted molar refractivity (Wildman–Crippen MR) is 56.3 cm³/mol. The number of hydrogen-bond donors (Lipinski definition) is 0. The number of carbonyl (C=O) groups is 2. The van der Waals surface area contributed by atoms with Crippen LogP contribution in [0.4, 0.5) is 8.78 Å². The van der Waals surface area contributed by atoms with Crippen LogP contribution in [0.3, 0.4) is 0 Å². The maximum Gasteiger partial charge on any atom is 0.305 e. The Bertz CT molecular complexity index is 430. The Morgan fingerprint density at radius 1 is 1.24 bits per heavy atom. The molecule has 3 nitrogen and oxygen atoms in total. The molecular formula is C12H12F2O3. The molecule has 0 heterocycles. The summed E-state index contributed by atoms with van der Waals surface area (Å²) in [5, 5.41) is 0. The Morgan fingerprint density at radius 2 is 1.94 bits per heavy atom. The van der Waals surface area contributed by atoms with Crippen LogP contribution in [-0.2, 0) is 20.7 Å². The minimum absolute atomic E-state index is 0.000124. The van der Waals surface area contributed by atoms with Gasteiger partial charge in [0.1, 0.15) is 17.4 Å². The first kappa shape index (κ1) is 13.3. The number of halogens is 2. The first-order valence-corrected chi connectivity index (χ1v) is 5.05. The Morgan fingerprint density at radius 3 is 2.59 bits per heavy atom. The summed E-state index contributed by atoms with van der Waals surface area (Å²) in [6.07, 6.45) is -0.310. The fraction of sp³-hybridized carbons (Fsp3) is 0.333. The van der Waals surface area contributed by atoms with Gasteiger partial charge < -0.3 is 4.74 Å². The molecular weight excluding hydrogens is 230 g/mol. The standard InChI is InChI=1S/C12H12F2O3/c1-17-12(16)5-3-10(15)7-8-6-9(13)2-4-11(8)14/h2,4,6H,3,5,7H2,1H3. The van der Waals surface area contributed by atoms with Gasteiger partial charge in [-0.15, -0.1) is 0 Å². The van der Waals surface area contributed by atoms with E-state index in [0.29, 0.717) is 0 Å². The Hall–Kier alpha value is -1.78. The molecule has 0 amide bonds. The molecule has 0 N–H and O–H groups in total. The van der Waals surface area contributed by atoms with Gasteiger partial charge in [0.05, 0.1) is 13.5 Å². The topological polar surface area (TPSA) is 43.4 Å². The zero-order valence-electron chi connectivity index (χ0n) is 9.33. The minimum atomic E-state index is -0.627. The largest absolute Gasteiger partial charge is 0.469 e. The smallest absolute Gasteiger partial charge is 0.305 e. The van der Waals surface area contributed by atoms with E-state index >= 15 is 0 Å². The van der Waals surface area contributed by atoms with Crippen molar-refractivity contribution >= 4 is 11.8 Å². The van der Waals surface area contributed by atoms with Crippen LogP contribution >= 0.6 is 0 Å². The minimum Gasteiger partial charge on any atom is -0.469 e. The highest BCUT2D eigenvalue weighted by Gasteiger charge is 2.11. The van der Waals surface area contributed by atoms with Crippen LogP contribution in [0, 0.1) is 11.6 Å². The number of hydrogen-bond acceptors (Lipinski definition) is 3. The summed E-state index contributed by atoms with van der Waals surface area (Å²) in [6.45, 7) is 0. The van der Waals surface area contributed by atoms with Crippen molar-refractivity contribution in [2.24, 2.45) is 0 Å². The molecule has 0 saturated heterocycles. The molecule has 0 unspecified atom stereocenters. The third-order valence-corrected chi connectivity index (χ3v) is 2.23. The lowest BCUT2D eigenvalue weighted by molar-refractivity contribution is -0.141. The maximum absolute atomic E-state index is 13.2. The molecule has 0 bridgehead atoms. The third kappa shape index (κ3) is 4.30. The molecule has 0 aliphatic rings. The fourth-order valence-corrected chi connectivity index (χ4v) is 1.32. The number of benzene rings is 1. The van der Waals surface area contributed by atoms with Crippen molar-refractivity contribution in [2.45, 2.75) is 19.3 Å². The monoisotopic (exact) mass is 242 g/mol. The molecule has 0 atom stereocenters. The number of rotatable bonds is 5. The van der Waals surface area contributed by atoms with E-state index in [4.69, 9.17) is 0 Å². The van der Waals surface area contributed by atoms with E-state index in [0.717, 1.165) is 18.2 Å². The predicted octanol–water partition coefficient (Wildman–Crippen LogP) is 2.03. The second kappa shape index (κ2) is 6.08. The molecule has 0 saturated carbocycles. The van der Waals surface area contributed by atoms with E-state index in [-0.39, 0.29) is 30.6 Å². The van der Waals surface area contributed by atoms with Gasteiger partial charge in [-0.3, -0.25) is 9.59 Å². The first-order valence-electron chi connectivity index (χ1n) is 5.05. The summed E-state index contributed by atoms with van der Waals surface area (Å²) in [7, 11) is 1.22. The molecule has 0 radical (unpaired) electrons. The van der Waals surface area contributed by atoms with Gasteiger partial charge in [-0.2, -0.15) is 0 Å². The Kier molecular flexibility index (Phi) is 4.75. The summed E-state index contributed by atoms with van der Waals surface area (Å²) in [6, 6.07) is 2.93. The zero-order chi connectivity index (χ0) is 12.8. The lowest BCUT2D eigenvalue weighted by Gasteiger charge is -2.03. The molecule has 0 spiro atoms. The van der Waals surface area contributed by atoms with Gasteiger partial charge in [0.2, 0.25) is 0 Å². The molecule has 17 heavy (non-hydrogen) atoms. The average molecular weight is 242 g/mol. The van der Waals surface area contributed by atoms with Crippen molar-refractivity contribution in [1.82, 2.24) is 0 Å². The maximum atomic E-state index is 13.2. The lowest BCUT2D eigenvalue weighted by atomic mass is 10.1. The highest BCUT2D eigenvalue weighted by Crippen LogP contribution is 2.11. The van der Waals surface area contributed by atoms with Crippen molar-refractivity contribution in [3.63, 3.8) is 0 Å². The quantitative estimate of drug-likeness (QED) is 0.742. The van der Waals surface area contributed by atoms with Gasteiger partial charge in [-0.05, 0) is 23.8 Å². The number of ketones is 1. The normalized spacial score (nSPS) is 10.1. The first-order chi connectivity index (χ1) is 8.02. The van der Waals surface area contributed by atoms with Crippen molar-refractivity contribution in [1.29, 1.82) is 0 Å². The van der Waals surface area contributed by atoms with Crippen molar-refractivity contribution in [2.75, 3.05) is 7.11 Å². The summed E-state index contributed by atoms with van der Waals surface area (Å²) in [5.74, 6) is -2.06. The molecule has 1 rings (SSSR count). The van der Waals surface area contributed by atoms with Crippen LogP contribution in [0.15, 0.2) is 18.2 Å². The SMILES string of the molecule is COC(=O)CCC(=O)Cc1cc(F)ccc1F. The van der Waals surface area contributed by atoms with E-state index in [2.05, 4.69) is 4.74 Å². The molecule has 0 fully saturated rings. The van der Waals surface area contributed by atoms with E-state index in [1.165, 1.54) is 7.11 Å². The summed E-state index contributed by atoms with van der Waals surface area (Å²) in [4.78, 5) is 22.2. The number of ether oxygens (including phenoxy) is 1. The summed E-state index contributed by atoms with van der Waals surface area (Å²) >= 11 is 0. The Labute approximate surface area is 97.4 Å². The fourth-order valence-electron chi connectivity index (χ4n) is 1.32. The average Bonchev–Trinajstić information content (AvgIpc) is 2.30. The third-order valence-electron chi connectivity index (χ3n) is 2.23. The lowest BCUT2D eigenvalue weighted by Crippen LogP contribution is -2.09. The van der Waals surface area contributed by atoms with E-state index < -0.39 is 17.6 Å². The van der Waals surface area contributed by atoms with Gasteiger partial charge >= 0.3 is 5.97 Å². The van der Waals surface area contributed by atoms with Crippen LogP contribution in [0.1, 0.15) is 18.4 Å². The zero-order valence-corrected chi connectivity index (χ0v) is 9.33. The van der Waals surface area contributed by atoms with Gasteiger partial charge in [0.15, 0.2) is 0 Å². The Balaban J connectivity index is 2.56. The van der Waals surface area contributed by atoms with Gasteiger partial charge in [0.25, 0.3) is 0 Å². The summed E-state index contributed by atoms with van der Waals surface area (Å²) in [5.41, 5.74) is -0.000124. The van der Waals surface area contributed by atoms with E-state index in [9.17, 15) is 18.4 Å². The van der Waals surface area contributed by atoms with E-state index in [1.54, 1.807) is 0 Å². The van der Waals surface area contributed by atoms with Gasteiger partial charge in [-0.25, -0.2) is 8.78 Å². The molecule has 0 aromatic heterocycles. The summed E-state index contributed by atoms with van der Waals surface area (Å²) < 4.78 is 30.4. The number of methoxy groups -OCH3 is 1. The molecule has 5 heteroatoms. The number of esters is 1. The van der Waals surface area contributed by atoms with E-state index in [1.807, 2.05) is 0 Å². The second-order valence-corrected chi connectivity index (χ2v) is 3.53. The van der Waals surface area contributed by atoms with Crippen LogP contribution in [-0.4, -0.2) is 18.9 Å². The van der Waals surface area contributed by atoms with Crippen molar-refractivity contribution in [3.8, 4) is 0 Å². The van der Waals surface area contributed by atoms with Gasteiger partial charge in [0, 0.05) is 12.8 Å². The van der Waals surface area contributed by atoms with Crippen molar-refractivity contribution < 1.29 is 23.1 Å². The molecule has 1 aromatic rings. The van der Waals surface area contributed by atoms with Crippen LogP contribution < -0.4 is 0 Å². The number of carbonyl (C=O) groups excluding carboxylic acids is 2. The van der Waals surface area contributed by atoms with Crippen LogP contribution in [0.25, 0.3) is 0 Å². The second-order valence-electron chi connectivity index (χ2n) is 3.53. The van der Waals surface area contributed by atoms with Crippen LogP contribution in [0.2, 0.25) is 0 Å². The molecule has 0 aliphatic heterocycles. The van der Waals surface area contributed by atoms with Gasteiger partial charge in [-0.1, -0.05) is 0 Å². The number of Topliss-reactive ketones (excluding diaryl/α,β-unsaturated/α-hetero) is 1. The highest BCUT2D eigenvalue weighted by molar-refractivity contribution is 5.84. The molecule has 92 valence electrons.